The topological polar surface area (TPSA) is 70.1 Å². The summed E-state index contributed by atoms with van der Waals surface area (Å²) in [7, 11) is 0. The lowest BCUT2D eigenvalue weighted by atomic mass is 9.95. The van der Waals surface area contributed by atoms with Gasteiger partial charge in [0.2, 0.25) is 0 Å². The summed E-state index contributed by atoms with van der Waals surface area (Å²) in [5.74, 6) is -0.173. The van der Waals surface area contributed by atoms with E-state index in [1.54, 1.807) is 6.07 Å². The number of phenols is 1. The molecule has 0 aliphatic rings. The lowest BCUT2D eigenvalue weighted by molar-refractivity contribution is -0.143. The van der Waals surface area contributed by atoms with Gasteiger partial charge in [0, 0.05) is 23.7 Å². The molecule has 0 spiro atoms. The van der Waals surface area contributed by atoms with Crippen LogP contribution in [0.4, 0.5) is 26.3 Å². The van der Waals surface area contributed by atoms with Gasteiger partial charge in [-0.1, -0.05) is 18.2 Å². The molecule has 0 saturated carbocycles. The summed E-state index contributed by atoms with van der Waals surface area (Å²) < 4.78 is 77.3. The van der Waals surface area contributed by atoms with Crippen molar-refractivity contribution in [2.45, 2.75) is 24.8 Å². The Bertz CT molecular complexity index is 781. The van der Waals surface area contributed by atoms with Crippen molar-refractivity contribution in [1.29, 1.82) is 5.41 Å². The van der Waals surface area contributed by atoms with E-state index in [0.29, 0.717) is 12.1 Å². The van der Waals surface area contributed by atoms with Crippen LogP contribution in [-0.4, -0.2) is 10.8 Å². The standard InChI is InChI=1S/C17H14F6N2O/c18-16(19,20)10-5-9(6-11(7-10)17(21,22)23)13(24)8-14(25)12-3-1-2-4-15(12)26/h1-7,14,24,26H,8,25H2. The van der Waals surface area contributed by atoms with Crippen LogP contribution in [0.5, 0.6) is 5.75 Å². The Morgan fingerprint density at radius 1 is 0.962 bits per heavy atom. The van der Waals surface area contributed by atoms with Crippen LogP contribution in [0.15, 0.2) is 42.5 Å². The molecule has 0 radical (unpaired) electrons. The molecule has 1 atom stereocenters. The molecular weight excluding hydrogens is 362 g/mol. The minimum absolute atomic E-state index is 0.000265. The fraction of sp³-hybridized carbons (Fsp3) is 0.235. The van der Waals surface area contributed by atoms with Crippen molar-refractivity contribution in [3.63, 3.8) is 0 Å². The van der Waals surface area contributed by atoms with Crippen LogP contribution in [0.25, 0.3) is 0 Å². The molecule has 9 heteroatoms. The third-order valence-electron chi connectivity index (χ3n) is 3.70. The molecule has 0 bridgehead atoms. The molecule has 3 nitrogen and oxygen atoms in total. The van der Waals surface area contributed by atoms with Gasteiger partial charge < -0.3 is 16.2 Å². The molecular formula is C17H14F6N2O. The van der Waals surface area contributed by atoms with Crippen molar-refractivity contribution in [2.24, 2.45) is 5.73 Å². The van der Waals surface area contributed by atoms with Gasteiger partial charge in [0.25, 0.3) is 0 Å². The van der Waals surface area contributed by atoms with Crippen LogP contribution in [0.3, 0.4) is 0 Å². The molecule has 1 unspecified atom stereocenters. The number of alkyl halides is 6. The lowest BCUT2D eigenvalue weighted by Crippen LogP contribution is -2.18. The molecule has 0 heterocycles. The first kappa shape index (κ1) is 19.8. The van der Waals surface area contributed by atoms with E-state index in [1.165, 1.54) is 18.2 Å². The fourth-order valence-corrected chi connectivity index (χ4v) is 2.38. The number of aromatic hydroxyl groups is 1. The zero-order chi connectivity index (χ0) is 19.7. The summed E-state index contributed by atoms with van der Waals surface area (Å²) in [6.07, 6.45) is -10.3. The minimum atomic E-state index is -4.99. The SMILES string of the molecule is N=C(CC(N)c1ccccc1O)c1cc(C(F)(F)F)cc(C(F)(F)F)c1. The summed E-state index contributed by atoms with van der Waals surface area (Å²) in [5.41, 5.74) is 2.05. The highest BCUT2D eigenvalue weighted by Crippen LogP contribution is 2.37. The predicted molar refractivity (Wildman–Crippen MR) is 82.9 cm³/mol. The van der Waals surface area contributed by atoms with Gasteiger partial charge in [-0.3, -0.25) is 0 Å². The molecule has 0 saturated heterocycles. The summed E-state index contributed by atoms with van der Waals surface area (Å²) >= 11 is 0. The first-order chi connectivity index (χ1) is 11.9. The van der Waals surface area contributed by atoms with E-state index in [4.69, 9.17) is 11.1 Å². The summed E-state index contributed by atoms with van der Waals surface area (Å²) in [4.78, 5) is 0. The maximum absolute atomic E-state index is 12.9. The summed E-state index contributed by atoms with van der Waals surface area (Å²) in [6.45, 7) is 0. The van der Waals surface area contributed by atoms with Crippen molar-refractivity contribution in [2.75, 3.05) is 0 Å². The van der Waals surface area contributed by atoms with E-state index in [2.05, 4.69) is 0 Å². The molecule has 0 amide bonds. The molecule has 0 aliphatic carbocycles. The van der Waals surface area contributed by atoms with E-state index >= 15 is 0 Å². The van der Waals surface area contributed by atoms with Crippen LogP contribution in [-0.2, 0) is 12.4 Å². The van der Waals surface area contributed by atoms with Crippen molar-refractivity contribution in [1.82, 2.24) is 0 Å². The fourth-order valence-electron chi connectivity index (χ4n) is 2.38. The van der Waals surface area contributed by atoms with Gasteiger partial charge in [-0.15, -0.1) is 0 Å². The molecule has 4 N–H and O–H groups in total. The van der Waals surface area contributed by atoms with E-state index in [9.17, 15) is 31.4 Å². The van der Waals surface area contributed by atoms with Gasteiger partial charge in [0.15, 0.2) is 0 Å². The van der Waals surface area contributed by atoms with E-state index in [0.717, 1.165) is 0 Å². The van der Waals surface area contributed by atoms with Crippen LogP contribution in [0.1, 0.15) is 34.7 Å². The molecule has 0 aliphatic heterocycles. The van der Waals surface area contributed by atoms with Gasteiger partial charge in [0.1, 0.15) is 5.75 Å². The Labute approximate surface area is 144 Å². The number of nitrogens with one attached hydrogen (secondary N) is 1. The Morgan fingerprint density at radius 2 is 1.46 bits per heavy atom. The number of para-hydroxylation sites is 1. The number of phenolic OH excluding ortho intramolecular Hbond substituents is 1. The maximum Gasteiger partial charge on any atom is 0.416 e. The maximum atomic E-state index is 12.9. The first-order valence-corrected chi connectivity index (χ1v) is 7.30. The zero-order valence-electron chi connectivity index (χ0n) is 13.1. The lowest BCUT2D eigenvalue weighted by Gasteiger charge is -2.17. The third kappa shape index (κ3) is 4.54. The van der Waals surface area contributed by atoms with E-state index in [-0.39, 0.29) is 23.8 Å². The van der Waals surface area contributed by atoms with Gasteiger partial charge >= 0.3 is 12.4 Å². The average Bonchev–Trinajstić information content (AvgIpc) is 2.53. The Morgan fingerprint density at radius 3 is 1.92 bits per heavy atom. The van der Waals surface area contributed by atoms with Crippen LogP contribution in [0.2, 0.25) is 0 Å². The van der Waals surface area contributed by atoms with Crippen molar-refractivity contribution >= 4 is 5.71 Å². The van der Waals surface area contributed by atoms with Gasteiger partial charge in [-0.05, 0) is 29.8 Å². The molecule has 26 heavy (non-hydrogen) atoms. The Kier molecular flexibility index (Phi) is 5.31. The number of rotatable bonds is 4. The average molecular weight is 376 g/mol. The van der Waals surface area contributed by atoms with E-state index in [1.807, 2.05) is 0 Å². The predicted octanol–water partition coefficient (Wildman–Crippen LogP) is 4.89. The number of halogens is 6. The Balaban J connectivity index is 2.37. The highest BCUT2D eigenvalue weighted by atomic mass is 19.4. The molecule has 2 aromatic carbocycles. The highest BCUT2D eigenvalue weighted by Gasteiger charge is 2.37. The van der Waals surface area contributed by atoms with Crippen LogP contribution >= 0.6 is 0 Å². The van der Waals surface area contributed by atoms with Crippen molar-refractivity contribution < 1.29 is 31.4 Å². The van der Waals surface area contributed by atoms with Crippen LogP contribution < -0.4 is 5.73 Å². The smallest absolute Gasteiger partial charge is 0.416 e. The molecule has 2 aromatic rings. The molecule has 2 rings (SSSR count). The molecule has 0 fully saturated rings. The summed E-state index contributed by atoms with van der Waals surface area (Å²) in [6, 6.07) is 5.88. The number of hydrogen-bond donors (Lipinski definition) is 3. The summed E-state index contributed by atoms with van der Waals surface area (Å²) in [5, 5.41) is 17.6. The number of nitrogens with two attached hydrogens (primary N) is 1. The van der Waals surface area contributed by atoms with E-state index < -0.39 is 40.8 Å². The minimum Gasteiger partial charge on any atom is -0.508 e. The second-order valence-electron chi connectivity index (χ2n) is 5.64. The molecule has 140 valence electrons. The third-order valence-corrected chi connectivity index (χ3v) is 3.70. The van der Waals surface area contributed by atoms with Gasteiger partial charge in [-0.25, -0.2) is 0 Å². The Hall–Kier alpha value is -2.55. The largest absolute Gasteiger partial charge is 0.508 e. The highest BCUT2D eigenvalue weighted by molar-refractivity contribution is 5.99. The van der Waals surface area contributed by atoms with Gasteiger partial charge in [-0.2, -0.15) is 26.3 Å². The first-order valence-electron chi connectivity index (χ1n) is 7.30. The van der Waals surface area contributed by atoms with Gasteiger partial charge in [0.05, 0.1) is 11.1 Å². The second kappa shape index (κ2) is 6.99. The molecule has 0 aromatic heterocycles. The van der Waals surface area contributed by atoms with Crippen molar-refractivity contribution in [3.8, 4) is 5.75 Å². The normalized spacial score (nSPS) is 13.5. The monoisotopic (exact) mass is 376 g/mol. The van der Waals surface area contributed by atoms with Crippen LogP contribution in [0, 0.1) is 5.41 Å². The quantitative estimate of drug-likeness (QED) is 0.525. The number of benzene rings is 2. The number of hydrogen-bond acceptors (Lipinski definition) is 3. The van der Waals surface area contributed by atoms with Crippen molar-refractivity contribution in [3.05, 3.63) is 64.7 Å². The zero-order valence-corrected chi connectivity index (χ0v) is 13.1. The second-order valence-corrected chi connectivity index (χ2v) is 5.64.